The number of fused-ring (bicyclic) bond motifs is 1. The van der Waals surface area contributed by atoms with Gasteiger partial charge in [-0.2, -0.15) is 5.10 Å². The van der Waals surface area contributed by atoms with Gasteiger partial charge in [0.2, 0.25) is 5.91 Å². The normalized spacial score (nSPS) is 19.7. The molecule has 0 spiro atoms. The summed E-state index contributed by atoms with van der Waals surface area (Å²) in [6.07, 6.45) is 3.29. The van der Waals surface area contributed by atoms with Crippen LogP contribution in [0.5, 0.6) is 0 Å². The molecule has 1 amide bonds. The average Bonchev–Trinajstić information content (AvgIpc) is 3.23. The molecule has 8 nitrogen and oxygen atoms in total. The van der Waals surface area contributed by atoms with E-state index in [1.807, 2.05) is 31.2 Å². The molecule has 0 saturated carbocycles. The lowest BCUT2D eigenvalue weighted by atomic mass is 9.92. The first-order valence-corrected chi connectivity index (χ1v) is 8.82. The van der Waals surface area contributed by atoms with Crippen LogP contribution in [-0.2, 0) is 24.0 Å². The Morgan fingerprint density at radius 3 is 2.78 bits per heavy atom. The number of rotatable bonds is 3. The standard InChI is InChI=1S/C19H21N5O3/c1-13-3-5-14(6-4-13)19(27)7-8-23(11-19)16(25)10-24-12-20-17-15(18(24)26)9-21-22(17)2/h3-6,9,12,27H,7-8,10-11H2,1-2H3/t19-/m1/s1. The maximum absolute atomic E-state index is 12.7. The van der Waals surface area contributed by atoms with Crippen molar-refractivity contribution in [1.29, 1.82) is 0 Å². The molecule has 1 aliphatic rings. The number of amides is 1. The van der Waals surface area contributed by atoms with Gasteiger partial charge in [-0.25, -0.2) is 4.98 Å². The third-order valence-corrected chi connectivity index (χ3v) is 5.21. The van der Waals surface area contributed by atoms with E-state index in [0.717, 1.165) is 11.1 Å². The van der Waals surface area contributed by atoms with Crippen molar-refractivity contribution in [3.8, 4) is 0 Å². The molecule has 3 aromatic rings. The molecule has 1 aliphatic heterocycles. The highest BCUT2D eigenvalue weighted by molar-refractivity contribution is 5.77. The molecule has 3 heterocycles. The quantitative estimate of drug-likeness (QED) is 0.730. The average molecular weight is 367 g/mol. The van der Waals surface area contributed by atoms with Crippen molar-refractivity contribution in [3.05, 3.63) is 58.3 Å². The van der Waals surface area contributed by atoms with Gasteiger partial charge in [-0.05, 0) is 18.9 Å². The molecule has 2 aromatic heterocycles. The third kappa shape index (κ3) is 3.02. The first kappa shape index (κ1) is 17.4. The molecular weight excluding hydrogens is 346 g/mol. The lowest BCUT2D eigenvalue weighted by Gasteiger charge is -2.24. The van der Waals surface area contributed by atoms with E-state index < -0.39 is 5.60 Å². The number of hydrogen-bond acceptors (Lipinski definition) is 5. The van der Waals surface area contributed by atoms with E-state index in [0.29, 0.717) is 24.0 Å². The molecule has 1 atom stereocenters. The largest absolute Gasteiger partial charge is 0.383 e. The third-order valence-electron chi connectivity index (χ3n) is 5.21. The molecule has 140 valence electrons. The first-order chi connectivity index (χ1) is 12.9. The zero-order valence-electron chi connectivity index (χ0n) is 15.3. The summed E-state index contributed by atoms with van der Waals surface area (Å²) in [5.74, 6) is -0.217. The molecule has 0 unspecified atom stereocenters. The number of nitrogens with zero attached hydrogens (tertiary/aromatic N) is 5. The second kappa shape index (κ2) is 6.31. The van der Waals surface area contributed by atoms with E-state index >= 15 is 0 Å². The zero-order chi connectivity index (χ0) is 19.2. The number of aryl methyl sites for hydroxylation is 2. The zero-order valence-corrected chi connectivity index (χ0v) is 15.3. The Labute approximate surface area is 155 Å². The maximum atomic E-state index is 12.7. The van der Waals surface area contributed by atoms with Gasteiger partial charge in [-0.3, -0.25) is 18.8 Å². The topological polar surface area (TPSA) is 93.2 Å². The Kier molecular flexibility index (Phi) is 4.07. The van der Waals surface area contributed by atoms with Gasteiger partial charge in [0.05, 0.1) is 12.7 Å². The minimum Gasteiger partial charge on any atom is -0.383 e. The summed E-state index contributed by atoms with van der Waals surface area (Å²) in [5, 5.41) is 15.4. The van der Waals surface area contributed by atoms with Crippen molar-refractivity contribution >= 4 is 16.9 Å². The number of carbonyl (C=O) groups excluding carboxylic acids is 1. The summed E-state index contributed by atoms with van der Waals surface area (Å²) in [4.78, 5) is 31.0. The van der Waals surface area contributed by atoms with Crippen LogP contribution < -0.4 is 5.56 Å². The maximum Gasteiger partial charge on any atom is 0.264 e. The number of likely N-dealkylation sites (tertiary alicyclic amines) is 1. The molecule has 8 heteroatoms. The van der Waals surface area contributed by atoms with Crippen molar-refractivity contribution in [2.75, 3.05) is 13.1 Å². The molecule has 1 N–H and O–H groups in total. The van der Waals surface area contributed by atoms with E-state index in [1.165, 1.54) is 21.8 Å². The lowest BCUT2D eigenvalue weighted by molar-refractivity contribution is -0.131. The second-order valence-corrected chi connectivity index (χ2v) is 7.15. The van der Waals surface area contributed by atoms with Gasteiger partial charge < -0.3 is 10.0 Å². The molecule has 0 radical (unpaired) electrons. The van der Waals surface area contributed by atoms with E-state index in [1.54, 1.807) is 11.9 Å². The molecule has 0 bridgehead atoms. The lowest BCUT2D eigenvalue weighted by Crippen LogP contribution is -2.38. The number of carbonyl (C=O) groups is 1. The summed E-state index contributed by atoms with van der Waals surface area (Å²) in [6, 6.07) is 7.69. The highest BCUT2D eigenvalue weighted by Crippen LogP contribution is 2.32. The summed E-state index contributed by atoms with van der Waals surface area (Å²) in [5.41, 5.74) is 1.05. The first-order valence-electron chi connectivity index (χ1n) is 8.82. The van der Waals surface area contributed by atoms with Crippen LogP contribution in [-0.4, -0.2) is 48.3 Å². The van der Waals surface area contributed by atoms with Crippen LogP contribution in [0.1, 0.15) is 17.5 Å². The molecule has 4 rings (SSSR count). The van der Waals surface area contributed by atoms with Gasteiger partial charge in [0.25, 0.3) is 5.56 Å². The van der Waals surface area contributed by atoms with Crippen LogP contribution in [0.3, 0.4) is 0 Å². The van der Waals surface area contributed by atoms with Crippen LogP contribution >= 0.6 is 0 Å². The van der Waals surface area contributed by atoms with Gasteiger partial charge in [0, 0.05) is 13.6 Å². The number of aliphatic hydroxyl groups is 1. The summed E-state index contributed by atoms with van der Waals surface area (Å²) < 4.78 is 2.81. The minimum absolute atomic E-state index is 0.110. The van der Waals surface area contributed by atoms with E-state index in [2.05, 4.69) is 10.1 Å². The van der Waals surface area contributed by atoms with Crippen LogP contribution in [0.4, 0.5) is 0 Å². The summed E-state index contributed by atoms with van der Waals surface area (Å²) in [7, 11) is 1.71. The van der Waals surface area contributed by atoms with Crippen LogP contribution in [0.25, 0.3) is 11.0 Å². The van der Waals surface area contributed by atoms with Crippen molar-refractivity contribution in [1.82, 2.24) is 24.2 Å². The predicted octanol–water partition coefficient (Wildman–Crippen LogP) is 0.559. The molecular formula is C19H21N5O3. The second-order valence-electron chi connectivity index (χ2n) is 7.15. The molecule has 1 saturated heterocycles. The number of aromatic nitrogens is 4. The SMILES string of the molecule is Cc1ccc([C@@]2(O)CCN(C(=O)Cn3cnc4c(cnn4C)c3=O)C2)cc1. The van der Waals surface area contributed by atoms with Crippen molar-refractivity contribution in [2.45, 2.75) is 25.5 Å². The van der Waals surface area contributed by atoms with Gasteiger partial charge in [0.15, 0.2) is 5.65 Å². The van der Waals surface area contributed by atoms with Crippen molar-refractivity contribution in [2.24, 2.45) is 7.05 Å². The Morgan fingerprint density at radius 2 is 2.04 bits per heavy atom. The number of benzene rings is 1. The molecule has 1 aromatic carbocycles. The van der Waals surface area contributed by atoms with Crippen LogP contribution in [0.15, 0.2) is 41.6 Å². The predicted molar refractivity (Wildman–Crippen MR) is 99.0 cm³/mol. The minimum atomic E-state index is -1.06. The monoisotopic (exact) mass is 367 g/mol. The van der Waals surface area contributed by atoms with E-state index in [-0.39, 0.29) is 24.6 Å². The Hall–Kier alpha value is -3.00. The number of β-amino-alcohol motifs (C(OH)–C–C–N with tert-alkyl or cyclic N) is 1. The van der Waals surface area contributed by atoms with Gasteiger partial charge in [0.1, 0.15) is 23.9 Å². The fourth-order valence-corrected chi connectivity index (χ4v) is 3.53. The summed E-state index contributed by atoms with van der Waals surface area (Å²) >= 11 is 0. The number of hydrogen-bond donors (Lipinski definition) is 1. The summed E-state index contributed by atoms with van der Waals surface area (Å²) in [6.45, 7) is 2.54. The van der Waals surface area contributed by atoms with Crippen molar-refractivity contribution in [3.63, 3.8) is 0 Å². The molecule has 1 fully saturated rings. The van der Waals surface area contributed by atoms with Crippen LogP contribution in [0, 0.1) is 6.92 Å². The van der Waals surface area contributed by atoms with Gasteiger partial charge in [-0.15, -0.1) is 0 Å². The Bertz CT molecular complexity index is 1070. The highest BCUT2D eigenvalue weighted by atomic mass is 16.3. The Balaban J connectivity index is 1.52. The fourth-order valence-electron chi connectivity index (χ4n) is 3.53. The fraction of sp³-hybridized carbons (Fsp3) is 0.368. The highest BCUT2D eigenvalue weighted by Gasteiger charge is 2.39. The van der Waals surface area contributed by atoms with Gasteiger partial charge in [-0.1, -0.05) is 29.8 Å². The van der Waals surface area contributed by atoms with Crippen molar-refractivity contribution < 1.29 is 9.90 Å². The van der Waals surface area contributed by atoms with E-state index in [4.69, 9.17) is 0 Å². The smallest absolute Gasteiger partial charge is 0.264 e. The Morgan fingerprint density at radius 1 is 1.30 bits per heavy atom. The molecule has 27 heavy (non-hydrogen) atoms. The van der Waals surface area contributed by atoms with Gasteiger partial charge >= 0.3 is 0 Å². The molecule has 0 aliphatic carbocycles. The van der Waals surface area contributed by atoms with E-state index in [9.17, 15) is 14.7 Å². The van der Waals surface area contributed by atoms with Crippen LogP contribution in [0.2, 0.25) is 0 Å².